The number of halogens is 4. The molecule has 0 unspecified atom stereocenters. The van der Waals surface area contributed by atoms with E-state index in [0.717, 1.165) is 0 Å². The van der Waals surface area contributed by atoms with E-state index in [1.807, 2.05) is 0 Å². The second-order valence-corrected chi connectivity index (χ2v) is 3.61. The van der Waals surface area contributed by atoms with Gasteiger partial charge in [0, 0.05) is 5.56 Å². The van der Waals surface area contributed by atoms with Crippen LogP contribution in [0.2, 0.25) is 5.02 Å². The summed E-state index contributed by atoms with van der Waals surface area (Å²) in [5.74, 6) is -0.618. The Kier molecular flexibility index (Phi) is 3.16. The predicted molar refractivity (Wildman–Crippen MR) is 50.8 cm³/mol. The lowest BCUT2D eigenvalue weighted by molar-refractivity contribution is -0.149. The lowest BCUT2D eigenvalue weighted by Crippen LogP contribution is -2.28. The molecule has 1 rings (SSSR count). The van der Waals surface area contributed by atoms with E-state index < -0.39 is 23.5 Å². The molecule has 0 spiro atoms. The van der Waals surface area contributed by atoms with Gasteiger partial charge in [-0.1, -0.05) is 17.7 Å². The topological polar surface area (TPSA) is 46.2 Å². The third kappa shape index (κ3) is 2.54. The Bertz CT molecular complexity index is 378. The van der Waals surface area contributed by atoms with Crippen LogP contribution in [-0.2, 0) is 0 Å². The van der Waals surface area contributed by atoms with Crippen molar-refractivity contribution in [1.82, 2.24) is 0 Å². The van der Waals surface area contributed by atoms with Crippen molar-refractivity contribution < 1.29 is 18.3 Å². The van der Waals surface area contributed by atoms with Crippen LogP contribution in [0, 0.1) is 6.92 Å². The Labute approximate surface area is 89.5 Å². The van der Waals surface area contributed by atoms with Gasteiger partial charge in [0.2, 0.25) is 0 Å². The first kappa shape index (κ1) is 12.1. The van der Waals surface area contributed by atoms with Crippen molar-refractivity contribution in [3.8, 4) is 5.75 Å². The first-order chi connectivity index (χ1) is 6.73. The maximum atomic E-state index is 12.3. The number of hydrogen-bond donors (Lipinski definition) is 2. The smallest absolute Gasteiger partial charge is 0.407 e. The minimum atomic E-state index is -4.60. The van der Waals surface area contributed by atoms with E-state index >= 15 is 0 Å². The van der Waals surface area contributed by atoms with Crippen LogP contribution in [0.15, 0.2) is 12.1 Å². The van der Waals surface area contributed by atoms with Crippen molar-refractivity contribution in [2.75, 3.05) is 0 Å². The number of nitrogens with two attached hydrogens (primary N) is 1. The van der Waals surface area contributed by atoms with Gasteiger partial charge in [-0.2, -0.15) is 13.2 Å². The molecule has 2 nitrogen and oxygen atoms in total. The molecule has 1 atom stereocenters. The third-order valence-corrected chi connectivity index (χ3v) is 2.21. The highest BCUT2D eigenvalue weighted by Crippen LogP contribution is 2.38. The van der Waals surface area contributed by atoms with E-state index in [9.17, 15) is 18.3 Å². The van der Waals surface area contributed by atoms with Gasteiger partial charge < -0.3 is 10.8 Å². The fourth-order valence-electron chi connectivity index (χ4n) is 1.17. The van der Waals surface area contributed by atoms with Gasteiger partial charge in [0.15, 0.2) is 0 Å². The summed E-state index contributed by atoms with van der Waals surface area (Å²) in [4.78, 5) is 0. The van der Waals surface area contributed by atoms with Gasteiger partial charge in [0.05, 0.1) is 5.02 Å². The largest absolute Gasteiger partial charge is 0.506 e. The van der Waals surface area contributed by atoms with E-state index in [4.69, 9.17) is 17.3 Å². The summed E-state index contributed by atoms with van der Waals surface area (Å²) in [6.45, 7) is 1.57. The molecule has 0 amide bonds. The Morgan fingerprint density at radius 2 is 1.93 bits per heavy atom. The highest BCUT2D eigenvalue weighted by Gasteiger charge is 2.39. The number of rotatable bonds is 1. The summed E-state index contributed by atoms with van der Waals surface area (Å²) in [6, 6.07) is 0.304. The summed E-state index contributed by atoms with van der Waals surface area (Å²) in [5.41, 5.74) is 5.06. The predicted octanol–water partition coefficient (Wildman–Crippen LogP) is 2.92. The Balaban J connectivity index is 3.25. The highest BCUT2D eigenvalue weighted by molar-refractivity contribution is 6.32. The van der Waals surface area contributed by atoms with Crippen LogP contribution in [0.4, 0.5) is 13.2 Å². The summed E-state index contributed by atoms with van der Waals surface area (Å²) in [6.07, 6.45) is -4.60. The van der Waals surface area contributed by atoms with Gasteiger partial charge >= 0.3 is 6.18 Å². The number of aryl methyl sites for hydroxylation is 1. The zero-order valence-corrected chi connectivity index (χ0v) is 8.52. The van der Waals surface area contributed by atoms with Crippen LogP contribution in [0.3, 0.4) is 0 Å². The molecule has 3 N–H and O–H groups in total. The molecule has 1 aromatic carbocycles. The van der Waals surface area contributed by atoms with Crippen molar-refractivity contribution in [1.29, 1.82) is 0 Å². The zero-order chi connectivity index (χ0) is 11.8. The Morgan fingerprint density at radius 1 is 1.40 bits per heavy atom. The average molecular weight is 240 g/mol. The van der Waals surface area contributed by atoms with Crippen LogP contribution < -0.4 is 5.73 Å². The summed E-state index contributed by atoms with van der Waals surface area (Å²) in [5, 5.41) is 9.21. The fourth-order valence-corrected chi connectivity index (χ4v) is 1.46. The average Bonchev–Trinajstić information content (AvgIpc) is 2.08. The number of alkyl halides is 3. The lowest BCUT2D eigenvalue weighted by atomic mass is 10.0. The fraction of sp³-hybridized carbons (Fsp3) is 0.333. The van der Waals surface area contributed by atoms with Crippen LogP contribution in [0.5, 0.6) is 5.75 Å². The second-order valence-electron chi connectivity index (χ2n) is 3.20. The van der Waals surface area contributed by atoms with E-state index in [0.29, 0.717) is 5.56 Å². The van der Waals surface area contributed by atoms with Crippen LogP contribution >= 0.6 is 11.6 Å². The number of phenols is 1. The quantitative estimate of drug-likeness (QED) is 0.792. The molecule has 0 saturated heterocycles. The van der Waals surface area contributed by atoms with Gasteiger partial charge in [0.1, 0.15) is 11.8 Å². The first-order valence-corrected chi connectivity index (χ1v) is 4.42. The van der Waals surface area contributed by atoms with Crippen LogP contribution in [0.1, 0.15) is 17.2 Å². The molecule has 0 radical (unpaired) electrons. The number of phenolic OH excluding ortho intramolecular Hbond substituents is 1. The molecule has 0 aromatic heterocycles. The van der Waals surface area contributed by atoms with Crippen molar-refractivity contribution in [3.63, 3.8) is 0 Å². The number of hydrogen-bond acceptors (Lipinski definition) is 2. The Morgan fingerprint density at radius 3 is 2.40 bits per heavy atom. The first-order valence-electron chi connectivity index (χ1n) is 4.04. The summed E-state index contributed by atoms with van der Waals surface area (Å²) >= 11 is 5.54. The third-order valence-electron chi connectivity index (χ3n) is 1.92. The zero-order valence-electron chi connectivity index (χ0n) is 7.77. The second kappa shape index (κ2) is 3.90. The lowest BCUT2D eigenvalue weighted by Gasteiger charge is -2.18. The maximum Gasteiger partial charge on any atom is 0.407 e. The summed E-state index contributed by atoms with van der Waals surface area (Å²) < 4.78 is 36.9. The molecule has 0 aliphatic heterocycles. The molecule has 0 aliphatic carbocycles. The Hall–Kier alpha value is -0.940. The molecule has 0 aliphatic rings. The molecule has 1 aromatic rings. The van der Waals surface area contributed by atoms with E-state index in [1.165, 1.54) is 12.1 Å². The highest BCUT2D eigenvalue weighted by atomic mass is 35.5. The molecule has 0 saturated carbocycles. The van der Waals surface area contributed by atoms with Crippen molar-refractivity contribution in [2.24, 2.45) is 5.73 Å². The molecular weight excluding hydrogens is 231 g/mol. The van der Waals surface area contributed by atoms with Gasteiger partial charge in [-0.15, -0.1) is 0 Å². The van der Waals surface area contributed by atoms with E-state index in [1.54, 1.807) is 6.92 Å². The molecule has 6 heteroatoms. The van der Waals surface area contributed by atoms with Gasteiger partial charge in [-0.05, 0) is 18.6 Å². The van der Waals surface area contributed by atoms with Crippen molar-refractivity contribution in [3.05, 3.63) is 28.3 Å². The normalized spacial score (nSPS) is 14.0. The van der Waals surface area contributed by atoms with E-state index in [-0.39, 0.29) is 5.02 Å². The number of benzene rings is 1. The van der Waals surface area contributed by atoms with Crippen molar-refractivity contribution in [2.45, 2.75) is 19.1 Å². The molecule has 0 bridgehead atoms. The van der Waals surface area contributed by atoms with Gasteiger partial charge in [-0.3, -0.25) is 0 Å². The minimum Gasteiger partial charge on any atom is -0.506 e. The summed E-state index contributed by atoms with van der Waals surface area (Å²) in [7, 11) is 0. The van der Waals surface area contributed by atoms with Crippen molar-refractivity contribution >= 4 is 11.6 Å². The SMILES string of the molecule is Cc1cc(Cl)c(O)c([C@H](N)C(F)(F)F)c1. The standard InChI is InChI=1S/C9H9ClF3NO/c1-4-2-5(7(15)6(10)3-4)8(14)9(11,12)13/h2-3,8,15H,14H2,1H3/t8-/m0/s1. The molecule has 0 fully saturated rings. The number of aromatic hydroxyl groups is 1. The molecule has 15 heavy (non-hydrogen) atoms. The van der Waals surface area contributed by atoms with E-state index in [2.05, 4.69) is 0 Å². The van der Waals surface area contributed by atoms with Gasteiger partial charge in [-0.25, -0.2) is 0 Å². The van der Waals surface area contributed by atoms with Crippen LogP contribution in [-0.4, -0.2) is 11.3 Å². The molecule has 84 valence electrons. The maximum absolute atomic E-state index is 12.3. The molecule has 0 heterocycles. The van der Waals surface area contributed by atoms with Crippen LogP contribution in [0.25, 0.3) is 0 Å². The molecular formula is C9H9ClF3NO. The van der Waals surface area contributed by atoms with Gasteiger partial charge in [0.25, 0.3) is 0 Å². The minimum absolute atomic E-state index is 0.135. The monoisotopic (exact) mass is 239 g/mol.